The molecule has 146 valence electrons. The van der Waals surface area contributed by atoms with E-state index in [0.717, 1.165) is 5.56 Å². The number of hydrogen-bond donors (Lipinski definition) is 2. The van der Waals surface area contributed by atoms with Gasteiger partial charge in [-0.1, -0.05) is 29.8 Å². The molecule has 6 nitrogen and oxygen atoms in total. The molecule has 1 saturated heterocycles. The maximum Gasteiger partial charge on any atom is 0.320 e. The first-order valence-electron chi connectivity index (χ1n) is 8.69. The highest BCUT2D eigenvalue weighted by Gasteiger charge is 2.40. The number of nitrogens with zero attached hydrogens (tertiary/aromatic N) is 3. The number of nitrogen functional groups attached to an aromatic ring is 1. The molecule has 0 atom stereocenters. The lowest BCUT2D eigenvalue weighted by Gasteiger charge is -2.22. The fraction of sp³-hybridized carbons (Fsp3) is 0.444. The second-order valence-corrected chi connectivity index (χ2v) is 7.14. The fourth-order valence-electron chi connectivity index (χ4n) is 2.81. The van der Waals surface area contributed by atoms with E-state index in [2.05, 4.69) is 15.3 Å². The Hall–Kier alpha value is -2.35. The van der Waals surface area contributed by atoms with Crippen LogP contribution in [0.5, 0.6) is 6.01 Å². The summed E-state index contributed by atoms with van der Waals surface area (Å²) in [7, 11) is 0. The van der Waals surface area contributed by atoms with Gasteiger partial charge in [0.25, 0.3) is 5.92 Å². The molecule has 0 spiro atoms. The third-order valence-electron chi connectivity index (χ3n) is 4.12. The molecule has 1 fully saturated rings. The monoisotopic (exact) mass is 397 g/mol. The molecule has 9 heteroatoms. The lowest BCUT2D eigenvalue weighted by atomic mass is 10.2. The largest absolute Gasteiger partial charge is 0.461 e. The van der Waals surface area contributed by atoms with Gasteiger partial charge < -0.3 is 20.7 Å². The van der Waals surface area contributed by atoms with Gasteiger partial charge in [0.15, 0.2) is 11.6 Å². The number of hydrogen-bond acceptors (Lipinski definition) is 6. The van der Waals surface area contributed by atoms with Gasteiger partial charge in [-0.05, 0) is 25.5 Å². The first-order chi connectivity index (χ1) is 12.7. The number of nitrogens with one attached hydrogen (secondary N) is 1. The molecule has 0 bridgehead atoms. The topological polar surface area (TPSA) is 76.3 Å². The zero-order valence-electron chi connectivity index (χ0n) is 15.2. The summed E-state index contributed by atoms with van der Waals surface area (Å²) in [4.78, 5) is 10.0. The summed E-state index contributed by atoms with van der Waals surface area (Å²) in [6.07, 6.45) is -0.406. The Balaban J connectivity index is 1.89. The van der Waals surface area contributed by atoms with Crippen molar-refractivity contribution in [2.24, 2.45) is 0 Å². The highest BCUT2D eigenvalue weighted by atomic mass is 35.5. The van der Waals surface area contributed by atoms with E-state index in [-0.39, 0.29) is 36.6 Å². The molecule has 0 aliphatic carbocycles. The van der Waals surface area contributed by atoms with Gasteiger partial charge in [0, 0.05) is 24.5 Å². The Kier molecular flexibility index (Phi) is 5.55. The van der Waals surface area contributed by atoms with Crippen molar-refractivity contribution < 1.29 is 13.5 Å². The van der Waals surface area contributed by atoms with Gasteiger partial charge in [-0.2, -0.15) is 9.97 Å². The van der Waals surface area contributed by atoms with Crippen LogP contribution in [0.2, 0.25) is 5.02 Å². The van der Waals surface area contributed by atoms with Crippen molar-refractivity contribution in [3.05, 3.63) is 34.9 Å². The molecular weight excluding hydrogens is 376 g/mol. The van der Waals surface area contributed by atoms with E-state index in [4.69, 9.17) is 22.1 Å². The predicted octanol–water partition coefficient (Wildman–Crippen LogP) is 3.96. The lowest BCUT2D eigenvalue weighted by molar-refractivity contribution is 0.0256. The summed E-state index contributed by atoms with van der Waals surface area (Å²) in [6, 6.07) is 7.46. The van der Waals surface area contributed by atoms with Crippen LogP contribution >= 0.6 is 11.6 Å². The van der Waals surface area contributed by atoms with Gasteiger partial charge in [-0.3, -0.25) is 0 Å². The highest BCUT2D eigenvalue weighted by molar-refractivity contribution is 6.31. The number of benzene rings is 1. The molecule has 2 heterocycles. The van der Waals surface area contributed by atoms with Crippen molar-refractivity contribution in [1.82, 2.24) is 9.97 Å². The van der Waals surface area contributed by atoms with Gasteiger partial charge in [0.05, 0.1) is 12.6 Å². The van der Waals surface area contributed by atoms with Crippen molar-refractivity contribution in [2.45, 2.75) is 38.8 Å². The number of halogens is 3. The predicted molar refractivity (Wildman–Crippen MR) is 103 cm³/mol. The summed E-state index contributed by atoms with van der Waals surface area (Å²) in [5.74, 6) is -2.19. The van der Waals surface area contributed by atoms with Crippen molar-refractivity contribution in [3.8, 4) is 6.01 Å². The average molecular weight is 398 g/mol. The number of alkyl halides is 2. The van der Waals surface area contributed by atoms with Crippen LogP contribution in [-0.4, -0.2) is 35.1 Å². The third-order valence-corrected chi connectivity index (χ3v) is 4.49. The number of ether oxygens (including phenoxy) is 1. The van der Waals surface area contributed by atoms with Gasteiger partial charge in [0.2, 0.25) is 0 Å². The number of nitrogens with two attached hydrogens (primary N) is 1. The Morgan fingerprint density at radius 2 is 2.07 bits per heavy atom. The van der Waals surface area contributed by atoms with E-state index in [1.165, 1.54) is 4.90 Å². The van der Waals surface area contributed by atoms with E-state index < -0.39 is 12.5 Å². The van der Waals surface area contributed by atoms with E-state index in [1.54, 1.807) is 6.07 Å². The maximum absolute atomic E-state index is 13.6. The summed E-state index contributed by atoms with van der Waals surface area (Å²) < 4.78 is 32.9. The number of aromatic nitrogens is 2. The molecule has 0 amide bonds. The Morgan fingerprint density at radius 3 is 2.70 bits per heavy atom. The summed E-state index contributed by atoms with van der Waals surface area (Å²) in [5, 5.41) is 3.72. The lowest BCUT2D eigenvalue weighted by Crippen LogP contribution is -2.27. The Labute approximate surface area is 161 Å². The van der Waals surface area contributed by atoms with Crippen LogP contribution in [0, 0.1) is 0 Å². The summed E-state index contributed by atoms with van der Waals surface area (Å²) in [6.45, 7) is 3.77. The first-order valence-corrected chi connectivity index (χ1v) is 9.07. The van der Waals surface area contributed by atoms with Crippen LogP contribution in [0.1, 0.15) is 25.8 Å². The molecule has 0 radical (unpaired) electrons. The van der Waals surface area contributed by atoms with Crippen LogP contribution in [-0.2, 0) is 6.54 Å². The maximum atomic E-state index is 13.6. The molecule has 0 unspecified atom stereocenters. The van der Waals surface area contributed by atoms with Gasteiger partial charge in [-0.15, -0.1) is 0 Å². The molecule has 3 rings (SSSR count). The number of rotatable bonds is 6. The van der Waals surface area contributed by atoms with E-state index in [9.17, 15) is 8.78 Å². The second kappa shape index (κ2) is 7.72. The van der Waals surface area contributed by atoms with Crippen molar-refractivity contribution in [2.75, 3.05) is 29.0 Å². The zero-order valence-corrected chi connectivity index (χ0v) is 15.9. The summed E-state index contributed by atoms with van der Waals surface area (Å²) >= 11 is 6.18. The van der Waals surface area contributed by atoms with Gasteiger partial charge in [-0.25, -0.2) is 8.78 Å². The molecule has 3 N–H and O–H groups in total. The fourth-order valence-corrected chi connectivity index (χ4v) is 3.02. The molecule has 2 aromatic rings. The highest BCUT2D eigenvalue weighted by Crippen LogP contribution is 2.36. The van der Waals surface area contributed by atoms with Crippen LogP contribution < -0.4 is 20.7 Å². The molecule has 1 aromatic heterocycles. The third kappa shape index (κ3) is 4.68. The molecule has 27 heavy (non-hydrogen) atoms. The second-order valence-electron chi connectivity index (χ2n) is 6.73. The molecular formula is C18H22ClF2N5O. The SMILES string of the molecule is CC(C)Oc1nc(NCc2ccccc2Cl)c(N)c(N2CCC(F)(F)C2)n1. The van der Waals surface area contributed by atoms with Gasteiger partial charge in [0.1, 0.15) is 5.69 Å². The van der Waals surface area contributed by atoms with E-state index in [0.29, 0.717) is 17.4 Å². The van der Waals surface area contributed by atoms with Crippen LogP contribution in [0.4, 0.5) is 26.1 Å². The minimum Gasteiger partial charge on any atom is -0.461 e. The Morgan fingerprint density at radius 1 is 1.33 bits per heavy atom. The smallest absolute Gasteiger partial charge is 0.320 e. The van der Waals surface area contributed by atoms with Crippen molar-refractivity contribution >= 4 is 28.9 Å². The first kappa shape index (κ1) is 19.4. The van der Waals surface area contributed by atoms with Crippen LogP contribution in [0.3, 0.4) is 0 Å². The molecule has 1 aliphatic rings. The molecule has 1 aliphatic heterocycles. The molecule has 0 saturated carbocycles. The van der Waals surface area contributed by atoms with Crippen molar-refractivity contribution in [1.29, 1.82) is 0 Å². The van der Waals surface area contributed by atoms with Crippen LogP contribution in [0.15, 0.2) is 24.3 Å². The summed E-state index contributed by atoms with van der Waals surface area (Å²) in [5.41, 5.74) is 7.25. The standard InChI is InChI=1S/C18H22ClF2N5O/c1-11(2)27-17-24-15(23-9-12-5-3-4-6-13(12)19)14(22)16(25-17)26-8-7-18(20,21)10-26/h3-6,11H,7-10,22H2,1-2H3,(H,23,24,25). The Bertz CT molecular complexity index is 818. The minimum atomic E-state index is -2.76. The normalized spacial score (nSPS) is 16.0. The van der Waals surface area contributed by atoms with Crippen LogP contribution in [0.25, 0.3) is 0 Å². The zero-order chi connectivity index (χ0) is 19.6. The average Bonchev–Trinajstić information content (AvgIpc) is 2.95. The van der Waals surface area contributed by atoms with E-state index >= 15 is 0 Å². The van der Waals surface area contributed by atoms with E-state index in [1.807, 2.05) is 32.0 Å². The molecule has 1 aromatic carbocycles. The minimum absolute atomic E-state index is 0.0890. The quantitative estimate of drug-likeness (QED) is 0.768. The van der Waals surface area contributed by atoms with Gasteiger partial charge >= 0.3 is 6.01 Å². The van der Waals surface area contributed by atoms with Crippen molar-refractivity contribution in [3.63, 3.8) is 0 Å². The number of anilines is 3.